The number of pyridine rings is 1. The van der Waals surface area contributed by atoms with E-state index in [0.29, 0.717) is 23.4 Å². The van der Waals surface area contributed by atoms with E-state index in [1.807, 2.05) is 0 Å². The van der Waals surface area contributed by atoms with Crippen LogP contribution < -0.4 is 11.4 Å². The molecule has 2 N–H and O–H groups in total. The molecular weight excluding hydrogens is 402 g/mol. The Balaban J connectivity index is 1.81. The van der Waals surface area contributed by atoms with Gasteiger partial charge in [-0.1, -0.05) is 24.3 Å². The van der Waals surface area contributed by atoms with Crippen molar-refractivity contribution in [2.75, 3.05) is 6.54 Å². The maximum absolute atomic E-state index is 12.7. The first kappa shape index (κ1) is 21.2. The number of benzene rings is 1. The van der Waals surface area contributed by atoms with Crippen molar-refractivity contribution in [1.82, 2.24) is 19.3 Å². The SMILES string of the molecule is NC/C(=C\F)Cn1ncn(-c2cccc(/C=C/c3ccc(C(F)(F)F)cc3)n2)c1=O. The molecule has 156 valence electrons. The molecule has 10 heteroatoms. The highest BCUT2D eigenvalue weighted by atomic mass is 19.4. The Morgan fingerprint density at radius 1 is 1.10 bits per heavy atom. The Morgan fingerprint density at radius 2 is 1.83 bits per heavy atom. The summed E-state index contributed by atoms with van der Waals surface area (Å²) in [6.07, 6.45) is 0.440. The molecule has 0 fully saturated rings. The standard InChI is InChI=1S/C20H17F4N5O/c21-10-15(11-25)12-29-19(30)28(13-26-29)18-3-1-2-17(27-18)9-6-14-4-7-16(8-5-14)20(22,23)24/h1-10,13H,11-12,25H2/b9-6+,15-10+. The molecule has 0 unspecified atom stereocenters. The fourth-order valence-electron chi connectivity index (χ4n) is 2.57. The van der Waals surface area contributed by atoms with E-state index in [1.54, 1.807) is 30.4 Å². The second-order valence-corrected chi connectivity index (χ2v) is 6.29. The van der Waals surface area contributed by atoms with Gasteiger partial charge in [-0.25, -0.2) is 23.4 Å². The molecule has 3 rings (SSSR count). The van der Waals surface area contributed by atoms with Crippen molar-refractivity contribution in [2.45, 2.75) is 12.7 Å². The number of nitrogens with zero attached hydrogens (tertiary/aromatic N) is 4. The molecule has 0 radical (unpaired) electrons. The summed E-state index contributed by atoms with van der Waals surface area (Å²) in [6.45, 7) is -0.120. The maximum Gasteiger partial charge on any atom is 0.416 e. The van der Waals surface area contributed by atoms with Gasteiger partial charge in [0.2, 0.25) is 0 Å². The summed E-state index contributed by atoms with van der Waals surface area (Å²) in [7, 11) is 0. The maximum atomic E-state index is 12.7. The van der Waals surface area contributed by atoms with Crippen LogP contribution in [0.25, 0.3) is 18.0 Å². The average Bonchev–Trinajstić information content (AvgIpc) is 3.10. The van der Waals surface area contributed by atoms with Crippen LogP contribution in [-0.4, -0.2) is 25.9 Å². The van der Waals surface area contributed by atoms with E-state index in [0.717, 1.165) is 16.8 Å². The highest BCUT2D eigenvalue weighted by molar-refractivity contribution is 5.68. The van der Waals surface area contributed by atoms with Crippen molar-refractivity contribution in [1.29, 1.82) is 0 Å². The van der Waals surface area contributed by atoms with E-state index in [1.165, 1.54) is 23.0 Å². The Hall–Kier alpha value is -3.53. The van der Waals surface area contributed by atoms with Crippen molar-refractivity contribution in [3.05, 3.63) is 88.0 Å². The average molecular weight is 419 g/mol. The summed E-state index contributed by atoms with van der Waals surface area (Å²) in [6, 6.07) is 9.65. The van der Waals surface area contributed by atoms with Crippen LogP contribution in [-0.2, 0) is 12.7 Å². The van der Waals surface area contributed by atoms with Crippen molar-refractivity contribution in [3.63, 3.8) is 0 Å². The first-order valence-electron chi connectivity index (χ1n) is 8.77. The van der Waals surface area contributed by atoms with Crippen molar-refractivity contribution >= 4 is 12.2 Å². The molecule has 0 amide bonds. The van der Waals surface area contributed by atoms with Crippen LogP contribution in [0.5, 0.6) is 0 Å². The summed E-state index contributed by atoms with van der Waals surface area (Å²) in [5.74, 6) is 0.291. The Bertz CT molecular complexity index is 1130. The van der Waals surface area contributed by atoms with Gasteiger partial charge in [0.15, 0.2) is 0 Å². The van der Waals surface area contributed by atoms with Gasteiger partial charge in [0.1, 0.15) is 12.1 Å². The topological polar surface area (TPSA) is 78.7 Å². The van der Waals surface area contributed by atoms with Crippen molar-refractivity contribution < 1.29 is 17.6 Å². The molecule has 3 aromatic rings. The normalized spacial score (nSPS) is 12.6. The number of alkyl halides is 3. The van der Waals surface area contributed by atoms with Gasteiger partial charge in [-0.15, -0.1) is 0 Å². The van der Waals surface area contributed by atoms with Gasteiger partial charge in [-0.05, 0) is 41.5 Å². The summed E-state index contributed by atoms with van der Waals surface area (Å²) < 4.78 is 52.8. The second kappa shape index (κ2) is 8.87. The van der Waals surface area contributed by atoms with E-state index >= 15 is 0 Å². The Labute approximate surface area is 168 Å². The molecule has 30 heavy (non-hydrogen) atoms. The summed E-state index contributed by atoms with van der Waals surface area (Å²) in [5.41, 5.74) is 5.41. The molecule has 0 aliphatic rings. The third-order valence-electron chi connectivity index (χ3n) is 4.19. The first-order valence-corrected chi connectivity index (χ1v) is 8.77. The number of halogens is 4. The van der Waals surface area contributed by atoms with Gasteiger partial charge < -0.3 is 5.73 Å². The highest BCUT2D eigenvalue weighted by Gasteiger charge is 2.29. The van der Waals surface area contributed by atoms with E-state index in [2.05, 4.69) is 10.1 Å². The third kappa shape index (κ3) is 4.90. The summed E-state index contributed by atoms with van der Waals surface area (Å²) >= 11 is 0. The first-order chi connectivity index (χ1) is 14.3. The molecule has 0 bridgehead atoms. The van der Waals surface area contributed by atoms with Crippen LogP contribution in [0.2, 0.25) is 0 Å². The van der Waals surface area contributed by atoms with Crippen LogP contribution in [0, 0.1) is 0 Å². The third-order valence-corrected chi connectivity index (χ3v) is 4.19. The lowest BCUT2D eigenvalue weighted by Gasteiger charge is -2.06. The fraction of sp³-hybridized carbons (Fsp3) is 0.150. The Kier molecular flexibility index (Phi) is 6.26. The van der Waals surface area contributed by atoms with Crippen LogP contribution in [0.1, 0.15) is 16.8 Å². The molecule has 0 spiro atoms. The molecule has 0 saturated heterocycles. The molecular formula is C20H17F4N5O. The van der Waals surface area contributed by atoms with Crippen LogP contribution in [0.4, 0.5) is 17.6 Å². The molecule has 6 nitrogen and oxygen atoms in total. The van der Waals surface area contributed by atoms with Gasteiger partial charge in [0.25, 0.3) is 0 Å². The predicted octanol–water partition coefficient (Wildman–Crippen LogP) is 3.43. The quantitative estimate of drug-likeness (QED) is 0.621. The molecule has 0 aliphatic carbocycles. The van der Waals surface area contributed by atoms with Crippen molar-refractivity contribution in [2.24, 2.45) is 5.73 Å². The zero-order valence-electron chi connectivity index (χ0n) is 15.6. The molecule has 2 aromatic heterocycles. The van der Waals surface area contributed by atoms with Gasteiger partial charge >= 0.3 is 11.9 Å². The largest absolute Gasteiger partial charge is 0.416 e. The fourth-order valence-corrected chi connectivity index (χ4v) is 2.57. The number of hydrogen-bond acceptors (Lipinski definition) is 4. The molecule has 0 atom stereocenters. The van der Waals surface area contributed by atoms with E-state index in [4.69, 9.17) is 5.73 Å². The van der Waals surface area contributed by atoms with Crippen molar-refractivity contribution in [3.8, 4) is 5.82 Å². The van der Waals surface area contributed by atoms with Crippen LogP contribution in [0.15, 0.2) is 65.5 Å². The smallest absolute Gasteiger partial charge is 0.327 e. The predicted molar refractivity (Wildman–Crippen MR) is 104 cm³/mol. The second-order valence-electron chi connectivity index (χ2n) is 6.29. The lowest BCUT2D eigenvalue weighted by molar-refractivity contribution is -0.137. The van der Waals surface area contributed by atoms with Gasteiger partial charge in [-0.2, -0.15) is 18.3 Å². The summed E-state index contributed by atoms with van der Waals surface area (Å²) in [4.78, 5) is 16.8. The molecule has 2 heterocycles. The summed E-state index contributed by atoms with van der Waals surface area (Å²) in [5, 5.41) is 3.93. The number of hydrogen-bond donors (Lipinski definition) is 1. The Morgan fingerprint density at radius 3 is 2.47 bits per heavy atom. The van der Waals surface area contributed by atoms with Gasteiger partial charge in [0, 0.05) is 6.54 Å². The number of rotatable bonds is 6. The highest BCUT2D eigenvalue weighted by Crippen LogP contribution is 2.29. The lowest BCUT2D eigenvalue weighted by Crippen LogP contribution is -2.26. The van der Waals surface area contributed by atoms with E-state index < -0.39 is 17.4 Å². The minimum Gasteiger partial charge on any atom is -0.327 e. The molecule has 0 saturated carbocycles. The van der Waals surface area contributed by atoms with Gasteiger partial charge in [-0.3, -0.25) is 0 Å². The number of nitrogens with two attached hydrogens (primary N) is 1. The lowest BCUT2D eigenvalue weighted by atomic mass is 10.1. The van der Waals surface area contributed by atoms with Crippen LogP contribution in [0.3, 0.4) is 0 Å². The minimum absolute atomic E-state index is 0.0434. The zero-order chi connectivity index (χ0) is 21.7. The van der Waals surface area contributed by atoms with Gasteiger partial charge in [0.05, 0.1) is 24.1 Å². The molecule has 0 aliphatic heterocycles. The minimum atomic E-state index is -4.39. The van der Waals surface area contributed by atoms with E-state index in [-0.39, 0.29) is 18.7 Å². The zero-order valence-corrected chi connectivity index (χ0v) is 15.6. The monoisotopic (exact) mass is 419 g/mol. The molecule has 1 aromatic carbocycles. The van der Waals surface area contributed by atoms with E-state index in [9.17, 15) is 22.4 Å². The van der Waals surface area contributed by atoms with Crippen LogP contribution >= 0.6 is 0 Å². The number of aromatic nitrogens is 4.